The Labute approximate surface area is 175 Å². The van der Waals surface area contributed by atoms with Crippen molar-refractivity contribution >= 4 is 17.5 Å². The topological polar surface area (TPSA) is 80.1 Å². The number of aromatic nitrogens is 3. The molecule has 2 aromatic heterocycles. The van der Waals surface area contributed by atoms with E-state index in [0.717, 1.165) is 17.1 Å². The number of rotatable bonds is 6. The highest BCUT2D eigenvalue weighted by Crippen LogP contribution is 2.27. The summed E-state index contributed by atoms with van der Waals surface area (Å²) in [7, 11) is 0. The van der Waals surface area contributed by atoms with Crippen LogP contribution in [0.15, 0.2) is 61.3 Å². The second-order valence-corrected chi connectivity index (χ2v) is 7.79. The summed E-state index contributed by atoms with van der Waals surface area (Å²) in [5.74, 6) is 0.175. The lowest BCUT2D eigenvalue weighted by Gasteiger charge is -2.18. The molecule has 0 aliphatic carbocycles. The zero-order valence-electron chi connectivity index (χ0n) is 17.2. The van der Waals surface area contributed by atoms with Gasteiger partial charge >= 0.3 is 0 Å². The van der Waals surface area contributed by atoms with Crippen molar-refractivity contribution in [2.75, 3.05) is 11.4 Å². The molecule has 0 spiro atoms. The van der Waals surface area contributed by atoms with Gasteiger partial charge in [-0.15, -0.1) is 0 Å². The van der Waals surface area contributed by atoms with Gasteiger partial charge in [-0.25, -0.2) is 9.97 Å². The van der Waals surface area contributed by atoms with Gasteiger partial charge in [-0.05, 0) is 41.7 Å². The molecule has 1 saturated heterocycles. The molecule has 1 N–H and O–H groups in total. The molecule has 7 heteroatoms. The zero-order chi connectivity index (χ0) is 21.1. The van der Waals surface area contributed by atoms with Gasteiger partial charge in [0.1, 0.15) is 18.1 Å². The quantitative estimate of drug-likeness (QED) is 0.642. The van der Waals surface area contributed by atoms with Crippen LogP contribution < -0.4 is 10.2 Å². The summed E-state index contributed by atoms with van der Waals surface area (Å²) in [4.78, 5) is 35.5. The third-order valence-corrected chi connectivity index (χ3v) is 5.44. The third kappa shape index (κ3) is 4.10. The lowest BCUT2D eigenvalue weighted by molar-refractivity contribution is -0.132. The van der Waals surface area contributed by atoms with Gasteiger partial charge in [0.25, 0.3) is 0 Å². The number of amides is 2. The van der Waals surface area contributed by atoms with E-state index >= 15 is 0 Å². The summed E-state index contributed by atoms with van der Waals surface area (Å²) in [6.45, 7) is 5.16. The van der Waals surface area contributed by atoms with Gasteiger partial charge in [-0.2, -0.15) is 0 Å². The van der Waals surface area contributed by atoms with Crippen LogP contribution in [0.3, 0.4) is 0 Å². The molecule has 154 valence electrons. The molecule has 30 heavy (non-hydrogen) atoms. The summed E-state index contributed by atoms with van der Waals surface area (Å²) < 4.78 is 1.81. The molecular weight excluding hydrogens is 378 g/mol. The molecular formula is C23H25N5O2. The van der Waals surface area contributed by atoms with E-state index in [0.29, 0.717) is 25.4 Å². The molecule has 7 nitrogen and oxygen atoms in total. The van der Waals surface area contributed by atoms with E-state index in [4.69, 9.17) is 0 Å². The average molecular weight is 403 g/mol. The van der Waals surface area contributed by atoms with Gasteiger partial charge in [-0.1, -0.05) is 32.0 Å². The Morgan fingerprint density at radius 1 is 1.20 bits per heavy atom. The number of nitrogens with zero attached hydrogens (tertiary/aromatic N) is 4. The van der Waals surface area contributed by atoms with E-state index in [1.165, 1.54) is 5.56 Å². The normalized spacial score (nSPS) is 16.3. The number of benzene rings is 1. The molecule has 4 rings (SSSR count). The maximum absolute atomic E-state index is 12.8. The SMILES string of the molecule is CC(C)c1ccc(N2CCC(C(=O)NCc3ccc(-n4ccnc4)nc3)C2=O)cc1. The summed E-state index contributed by atoms with van der Waals surface area (Å²) in [6.07, 6.45) is 7.43. The molecule has 1 aliphatic heterocycles. The second kappa shape index (κ2) is 8.49. The van der Waals surface area contributed by atoms with Crippen molar-refractivity contribution in [2.24, 2.45) is 5.92 Å². The minimum Gasteiger partial charge on any atom is -0.351 e. The Hall–Kier alpha value is -3.48. The van der Waals surface area contributed by atoms with Crippen LogP contribution in [0, 0.1) is 5.92 Å². The molecule has 0 radical (unpaired) electrons. The highest BCUT2D eigenvalue weighted by atomic mass is 16.2. The third-order valence-electron chi connectivity index (χ3n) is 5.44. The number of nitrogens with one attached hydrogen (secondary N) is 1. The number of hydrogen-bond donors (Lipinski definition) is 1. The van der Waals surface area contributed by atoms with E-state index < -0.39 is 5.92 Å². The first-order valence-electron chi connectivity index (χ1n) is 10.2. The van der Waals surface area contributed by atoms with Gasteiger partial charge in [-0.3, -0.25) is 14.2 Å². The second-order valence-electron chi connectivity index (χ2n) is 7.79. The van der Waals surface area contributed by atoms with Crippen LogP contribution in [0.4, 0.5) is 5.69 Å². The highest BCUT2D eigenvalue weighted by Gasteiger charge is 2.37. The van der Waals surface area contributed by atoms with Crippen LogP contribution in [0.2, 0.25) is 0 Å². The fourth-order valence-electron chi connectivity index (χ4n) is 3.60. The van der Waals surface area contributed by atoms with Crippen molar-refractivity contribution in [3.8, 4) is 5.82 Å². The van der Waals surface area contributed by atoms with Crippen molar-refractivity contribution in [3.63, 3.8) is 0 Å². The summed E-state index contributed by atoms with van der Waals surface area (Å²) in [5.41, 5.74) is 2.95. The van der Waals surface area contributed by atoms with Crippen LogP contribution in [0.5, 0.6) is 0 Å². The van der Waals surface area contributed by atoms with Crippen LogP contribution in [-0.4, -0.2) is 32.9 Å². The lowest BCUT2D eigenvalue weighted by Crippen LogP contribution is -2.36. The largest absolute Gasteiger partial charge is 0.351 e. The monoisotopic (exact) mass is 403 g/mol. The maximum Gasteiger partial charge on any atom is 0.239 e. The predicted octanol–water partition coefficient (Wildman–Crippen LogP) is 3.06. The summed E-state index contributed by atoms with van der Waals surface area (Å²) in [6, 6.07) is 11.8. The number of imidazole rings is 1. The maximum atomic E-state index is 12.8. The minimum absolute atomic E-state index is 0.140. The van der Waals surface area contributed by atoms with Crippen molar-refractivity contribution < 1.29 is 9.59 Å². The van der Waals surface area contributed by atoms with Gasteiger partial charge in [0.05, 0.1) is 0 Å². The standard InChI is InChI=1S/C23H25N5O2/c1-16(2)18-4-6-19(7-5-18)28-11-9-20(23(28)30)22(29)26-14-17-3-8-21(25-13-17)27-12-10-24-15-27/h3-8,10,12-13,15-16,20H,9,11,14H2,1-2H3,(H,26,29). The summed E-state index contributed by atoms with van der Waals surface area (Å²) in [5, 5.41) is 2.88. The molecule has 1 aromatic carbocycles. The molecule has 3 aromatic rings. The molecule has 2 amide bonds. The number of carbonyl (C=O) groups excluding carboxylic acids is 2. The molecule has 3 heterocycles. The van der Waals surface area contributed by atoms with E-state index in [-0.39, 0.29) is 11.8 Å². The van der Waals surface area contributed by atoms with E-state index in [1.807, 2.05) is 47.2 Å². The van der Waals surface area contributed by atoms with Crippen molar-refractivity contribution in [2.45, 2.75) is 32.7 Å². The number of pyridine rings is 1. The first kappa shape index (κ1) is 19.8. The Bertz CT molecular complexity index is 1010. The molecule has 0 bridgehead atoms. The molecule has 0 saturated carbocycles. The van der Waals surface area contributed by atoms with Gasteiger partial charge < -0.3 is 10.2 Å². The first-order valence-corrected chi connectivity index (χ1v) is 10.2. The molecule has 1 fully saturated rings. The Morgan fingerprint density at radius 3 is 2.63 bits per heavy atom. The predicted molar refractivity (Wildman–Crippen MR) is 114 cm³/mol. The fourth-order valence-corrected chi connectivity index (χ4v) is 3.60. The fraction of sp³-hybridized carbons (Fsp3) is 0.304. The van der Waals surface area contributed by atoms with Crippen molar-refractivity contribution in [1.82, 2.24) is 19.9 Å². The summed E-state index contributed by atoms with van der Waals surface area (Å²) >= 11 is 0. The number of anilines is 1. The smallest absolute Gasteiger partial charge is 0.239 e. The highest BCUT2D eigenvalue weighted by molar-refractivity contribution is 6.09. The van der Waals surface area contributed by atoms with Gasteiger partial charge in [0.15, 0.2) is 0 Å². The van der Waals surface area contributed by atoms with Gasteiger partial charge in [0.2, 0.25) is 11.8 Å². The van der Waals surface area contributed by atoms with Crippen LogP contribution in [-0.2, 0) is 16.1 Å². The lowest BCUT2D eigenvalue weighted by atomic mass is 10.0. The molecule has 1 atom stereocenters. The average Bonchev–Trinajstić information content (AvgIpc) is 3.43. The van der Waals surface area contributed by atoms with Crippen LogP contribution in [0.1, 0.15) is 37.3 Å². The Morgan fingerprint density at radius 2 is 2.00 bits per heavy atom. The number of carbonyl (C=O) groups is 2. The van der Waals surface area contributed by atoms with Crippen molar-refractivity contribution in [3.05, 3.63) is 72.4 Å². The Kier molecular flexibility index (Phi) is 5.61. The van der Waals surface area contributed by atoms with E-state index in [2.05, 4.69) is 29.1 Å². The van der Waals surface area contributed by atoms with Gasteiger partial charge in [0, 0.05) is 37.4 Å². The van der Waals surface area contributed by atoms with E-state index in [1.54, 1.807) is 23.6 Å². The first-order chi connectivity index (χ1) is 14.5. The van der Waals surface area contributed by atoms with Crippen LogP contribution in [0.25, 0.3) is 5.82 Å². The zero-order valence-corrected chi connectivity index (χ0v) is 17.2. The molecule has 1 aliphatic rings. The Balaban J connectivity index is 1.34. The molecule has 1 unspecified atom stereocenters. The van der Waals surface area contributed by atoms with E-state index in [9.17, 15) is 9.59 Å². The number of hydrogen-bond acceptors (Lipinski definition) is 4. The van der Waals surface area contributed by atoms with Crippen LogP contribution >= 0.6 is 0 Å². The van der Waals surface area contributed by atoms with Crippen molar-refractivity contribution in [1.29, 1.82) is 0 Å². The minimum atomic E-state index is -0.645.